The van der Waals surface area contributed by atoms with Crippen LogP contribution in [0.1, 0.15) is 6.92 Å². The van der Waals surface area contributed by atoms with E-state index in [1.165, 1.54) is 36.2 Å². The predicted octanol–water partition coefficient (Wildman–Crippen LogP) is 0.553. The Bertz CT molecular complexity index is 478. The molecule has 1 rings (SSSR count). The first-order chi connectivity index (χ1) is 9.95. The summed E-state index contributed by atoms with van der Waals surface area (Å²) in [4.78, 5) is 24.5. The number of hydrogen-bond donors (Lipinski definition) is 1. The maximum absolute atomic E-state index is 12.7. The Morgan fingerprint density at radius 2 is 1.95 bits per heavy atom. The van der Waals surface area contributed by atoms with Crippen LogP contribution in [0.15, 0.2) is 24.3 Å². The molecule has 1 aromatic rings. The number of amides is 1. The minimum absolute atomic E-state index is 0.164. The van der Waals surface area contributed by atoms with E-state index in [0.717, 1.165) is 0 Å². The van der Waals surface area contributed by atoms with Gasteiger partial charge in [0, 0.05) is 7.05 Å². The molecule has 0 spiro atoms. The molecule has 0 aliphatic carbocycles. The van der Waals surface area contributed by atoms with Crippen LogP contribution in [0, 0.1) is 5.82 Å². The highest BCUT2D eigenvalue weighted by atomic mass is 19.1. The molecule has 0 saturated carbocycles. The van der Waals surface area contributed by atoms with Crippen LogP contribution in [0.25, 0.3) is 0 Å². The van der Waals surface area contributed by atoms with Crippen LogP contribution in [0.3, 0.4) is 0 Å². The average Bonchev–Trinajstić information content (AvgIpc) is 2.47. The van der Waals surface area contributed by atoms with Gasteiger partial charge in [-0.2, -0.15) is 0 Å². The van der Waals surface area contributed by atoms with Crippen molar-refractivity contribution in [2.75, 3.05) is 26.8 Å². The number of nitrogens with zero attached hydrogens (tertiary/aromatic N) is 1. The SMILES string of the molecule is CCOC(=O)C(N)C(=O)N(C)CCOc1ccc(F)cc1. The number of likely N-dealkylation sites (N-methyl/N-ethyl adjacent to an activating group) is 1. The van der Waals surface area contributed by atoms with Crippen molar-refractivity contribution in [3.05, 3.63) is 30.1 Å². The number of halogens is 1. The van der Waals surface area contributed by atoms with Crippen LogP contribution in [-0.4, -0.2) is 49.6 Å². The van der Waals surface area contributed by atoms with Crippen molar-refractivity contribution in [1.29, 1.82) is 0 Å². The van der Waals surface area contributed by atoms with Gasteiger partial charge in [0.25, 0.3) is 5.91 Å². The number of esters is 1. The number of carbonyl (C=O) groups is 2. The van der Waals surface area contributed by atoms with E-state index in [2.05, 4.69) is 4.74 Å². The normalized spacial score (nSPS) is 11.6. The molecule has 0 radical (unpaired) electrons. The maximum atomic E-state index is 12.7. The van der Waals surface area contributed by atoms with Gasteiger partial charge in [-0.1, -0.05) is 0 Å². The van der Waals surface area contributed by atoms with Gasteiger partial charge in [-0.05, 0) is 31.2 Å². The third-order valence-corrected chi connectivity index (χ3v) is 2.69. The lowest BCUT2D eigenvalue weighted by molar-refractivity contribution is -0.150. The Hall–Kier alpha value is -2.15. The van der Waals surface area contributed by atoms with Crippen molar-refractivity contribution in [3.8, 4) is 5.75 Å². The molecule has 0 bridgehead atoms. The molecule has 0 heterocycles. The first-order valence-electron chi connectivity index (χ1n) is 6.51. The molecule has 21 heavy (non-hydrogen) atoms. The fourth-order valence-corrected chi connectivity index (χ4v) is 1.51. The number of rotatable bonds is 7. The van der Waals surface area contributed by atoms with Crippen LogP contribution in [0.4, 0.5) is 4.39 Å². The zero-order chi connectivity index (χ0) is 15.8. The highest BCUT2D eigenvalue weighted by Gasteiger charge is 2.26. The molecule has 0 fully saturated rings. The van der Waals surface area contributed by atoms with Crippen LogP contribution in [0.5, 0.6) is 5.75 Å². The summed E-state index contributed by atoms with van der Waals surface area (Å²) in [6.07, 6.45) is 0. The smallest absolute Gasteiger partial charge is 0.332 e. The van der Waals surface area contributed by atoms with Crippen LogP contribution in [0.2, 0.25) is 0 Å². The number of hydrogen-bond acceptors (Lipinski definition) is 5. The molecular formula is C14H19FN2O4. The number of carbonyl (C=O) groups excluding carboxylic acids is 2. The largest absolute Gasteiger partial charge is 0.492 e. The molecule has 0 saturated heterocycles. The lowest BCUT2D eigenvalue weighted by atomic mass is 10.3. The molecule has 6 nitrogen and oxygen atoms in total. The van der Waals surface area contributed by atoms with Crippen LogP contribution < -0.4 is 10.5 Å². The summed E-state index contributed by atoms with van der Waals surface area (Å²) in [7, 11) is 1.51. The molecule has 1 unspecified atom stereocenters. The van der Waals surface area contributed by atoms with E-state index in [-0.39, 0.29) is 25.6 Å². The third-order valence-electron chi connectivity index (χ3n) is 2.69. The fourth-order valence-electron chi connectivity index (χ4n) is 1.51. The lowest BCUT2D eigenvalue weighted by Crippen LogP contribution is -2.48. The quantitative estimate of drug-likeness (QED) is 0.587. The van der Waals surface area contributed by atoms with Crippen molar-refractivity contribution >= 4 is 11.9 Å². The molecule has 7 heteroatoms. The van der Waals surface area contributed by atoms with Gasteiger partial charge in [-0.3, -0.25) is 4.79 Å². The van der Waals surface area contributed by atoms with E-state index < -0.39 is 17.9 Å². The topological polar surface area (TPSA) is 81.9 Å². The van der Waals surface area contributed by atoms with Crippen molar-refractivity contribution in [2.45, 2.75) is 13.0 Å². The minimum Gasteiger partial charge on any atom is -0.492 e. The zero-order valence-corrected chi connectivity index (χ0v) is 12.0. The van der Waals surface area contributed by atoms with Gasteiger partial charge in [-0.15, -0.1) is 0 Å². The second-order valence-electron chi connectivity index (χ2n) is 4.29. The standard InChI is InChI=1S/C14H19FN2O4/c1-3-20-14(19)12(16)13(18)17(2)8-9-21-11-6-4-10(15)5-7-11/h4-7,12H,3,8-9,16H2,1-2H3. The highest BCUT2D eigenvalue weighted by Crippen LogP contribution is 2.10. The number of ether oxygens (including phenoxy) is 2. The second kappa shape index (κ2) is 8.21. The van der Waals surface area contributed by atoms with Crippen molar-refractivity contribution in [1.82, 2.24) is 4.90 Å². The van der Waals surface area contributed by atoms with Crippen LogP contribution in [-0.2, 0) is 14.3 Å². The Labute approximate surface area is 122 Å². The Morgan fingerprint density at radius 3 is 2.52 bits per heavy atom. The van der Waals surface area contributed by atoms with Crippen LogP contribution >= 0.6 is 0 Å². The average molecular weight is 298 g/mol. The van der Waals surface area contributed by atoms with Crippen molar-refractivity contribution in [3.63, 3.8) is 0 Å². The summed E-state index contributed by atoms with van der Waals surface area (Å²) in [5.41, 5.74) is 5.50. The molecular weight excluding hydrogens is 279 g/mol. The molecule has 0 aromatic heterocycles. The predicted molar refractivity (Wildman–Crippen MR) is 74.1 cm³/mol. The van der Waals surface area contributed by atoms with E-state index in [9.17, 15) is 14.0 Å². The third kappa shape index (κ3) is 5.39. The van der Waals surface area contributed by atoms with E-state index in [1.807, 2.05) is 0 Å². The summed E-state index contributed by atoms with van der Waals surface area (Å²) in [5.74, 6) is -1.16. The zero-order valence-electron chi connectivity index (χ0n) is 12.0. The van der Waals surface area contributed by atoms with Gasteiger partial charge in [0.2, 0.25) is 0 Å². The molecule has 116 valence electrons. The van der Waals surface area contributed by atoms with Gasteiger partial charge in [0.05, 0.1) is 13.2 Å². The van der Waals surface area contributed by atoms with Gasteiger partial charge >= 0.3 is 5.97 Å². The molecule has 0 aliphatic heterocycles. The van der Waals surface area contributed by atoms with Gasteiger partial charge < -0.3 is 20.1 Å². The molecule has 0 aliphatic rings. The van der Waals surface area contributed by atoms with Gasteiger partial charge in [0.1, 0.15) is 18.2 Å². The number of nitrogens with two attached hydrogens (primary N) is 1. The Morgan fingerprint density at radius 1 is 1.33 bits per heavy atom. The van der Waals surface area contributed by atoms with Crippen molar-refractivity contribution < 1.29 is 23.5 Å². The van der Waals surface area contributed by atoms with Crippen molar-refractivity contribution in [2.24, 2.45) is 5.73 Å². The number of benzene rings is 1. The second-order valence-corrected chi connectivity index (χ2v) is 4.29. The highest BCUT2D eigenvalue weighted by molar-refractivity contribution is 6.01. The summed E-state index contributed by atoms with van der Waals surface area (Å²) >= 11 is 0. The summed E-state index contributed by atoms with van der Waals surface area (Å²) < 4.78 is 22.7. The first kappa shape index (κ1) is 16.9. The van der Waals surface area contributed by atoms with E-state index in [1.54, 1.807) is 6.92 Å². The van der Waals surface area contributed by atoms with Gasteiger partial charge in [0.15, 0.2) is 6.04 Å². The monoisotopic (exact) mass is 298 g/mol. The van der Waals surface area contributed by atoms with E-state index in [4.69, 9.17) is 10.5 Å². The summed E-state index contributed by atoms with van der Waals surface area (Å²) in [6.45, 7) is 2.24. The molecule has 1 atom stereocenters. The van der Waals surface area contributed by atoms with E-state index in [0.29, 0.717) is 5.75 Å². The van der Waals surface area contributed by atoms with E-state index >= 15 is 0 Å². The van der Waals surface area contributed by atoms with Gasteiger partial charge in [-0.25, -0.2) is 9.18 Å². The maximum Gasteiger partial charge on any atom is 0.332 e. The summed E-state index contributed by atoms with van der Waals surface area (Å²) in [5, 5.41) is 0. The fraction of sp³-hybridized carbons (Fsp3) is 0.429. The Balaban J connectivity index is 2.38. The molecule has 1 amide bonds. The first-order valence-corrected chi connectivity index (χ1v) is 6.51. The molecule has 2 N–H and O–H groups in total. The lowest BCUT2D eigenvalue weighted by Gasteiger charge is -2.20. The molecule has 1 aromatic carbocycles. The Kier molecular flexibility index (Phi) is 6.61. The minimum atomic E-state index is -1.33. The summed E-state index contributed by atoms with van der Waals surface area (Å²) in [6, 6.07) is 4.20.